The Hall–Kier alpha value is -1.20. The van der Waals surface area contributed by atoms with Crippen molar-refractivity contribution in [3.8, 4) is 0 Å². The lowest BCUT2D eigenvalue weighted by Crippen LogP contribution is -2.19. The summed E-state index contributed by atoms with van der Waals surface area (Å²) in [5.41, 5.74) is 1.18. The van der Waals surface area contributed by atoms with Gasteiger partial charge in [-0.15, -0.1) is 11.3 Å². The van der Waals surface area contributed by atoms with Crippen molar-refractivity contribution in [2.24, 2.45) is 0 Å². The fraction of sp³-hybridized carbons (Fsp3) is 0.538. The Morgan fingerprint density at radius 3 is 3.06 bits per heavy atom. The molecule has 0 fully saturated rings. The maximum Gasteiger partial charge on any atom is 0.122 e. The number of nitrogens with zero attached hydrogens (tertiary/aromatic N) is 3. The van der Waals surface area contributed by atoms with Crippen LogP contribution in [0.4, 0.5) is 0 Å². The third-order valence-electron chi connectivity index (χ3n) is 2.77. The number of rotatable bonds is 7. The number of hydrogen-bond acceptors (Lipinski definition) is 4. The van der Waals surface area contributed by atoms with Gasteiger partial charge in [-0.05, 0) is 13.3 Å². The van der Waals surface area contributed by atoms with E-state index in [-0.39, 0.29) is 0 Å². The molecule has 0 spiro atoms. The molecule has 98 valence electrons. The SMILES string of the molecule is CCCn1ccnc1CNCCc1csc(C)n1. The third-order valence-corrected chi connectivity index (χ3v) is 3.60. The van der Waals surface area contributed by atoms with Gasteiger partial charge in [0.05, 0.1) is 17.2 Å². The van der Waals surface area contributed by atoms with Crippen molar-refractivity contribution in [1.29, 1.82) is 0 Å². The van der Waals surface area contributed by atoms with Crippen LogP contribution in [0.3, 0.4) is 0 Å². The normalized spacial score (nSPS) is 11.0. The summed E-state index contributed by atoms with van der Waals surface area (Å²) in [6, 6.07) is 0. The van der Waals surface area contributed by atoms with Crippen LogP contribution in [0, 0.1) is 6.92 Å². The van der Waals surface area contributed by atoms with E-state index in [1.807, 2.05) is 19.3 Å². The molecule has 0 atom stereocenters. The maximum absolute atomic E-state index is 4.45. The van der Waals surface area contributed by atoms with Crippen molar-refractivity contribution in [3.63, 3.8) is 0 Å². The molecule has 0 radical (unpaired) electrons. The standard InChI is InChI=1S/C13H20N4S/c1-3-7-17-8-6-15-13(17)9-14-5-4-12-10-18-11(2)16-12/h6,8,10,14H,3-5,7,9H2,1-2H3. The number of nitrogens with one attached hydrogen (secondary N) is 1. The summed E-state index contributed by atoms with van der Waals surface area (Å²) in [7, 11) is 0. The topological polar surface area (TPSA) is 42.7 Å². The minimum absolute atomic E-state index is 0.829. The minimum atomic E-state index is 0.829. The molecule has 2 heterocycles. The summed E-state index contributed by atoms with van der Waals surface area (Å²) in [5, 5.41) is 6.70. The first-order valence-electron chi connectivity index (χ1n) is 6.41. The van der Waals surface area contributed by atoms with Gasteiger partial charge in [-0.2, -0.15) is 0 Å². The highest BCUT2D eigenvalue weighted by molar-refractivity contribution is 7.09. The molecular formula is C13H20N4S. The Bertz CT molecular complexity index is 475. The van der Waals surface area contributed by atoms with Gasteiger partial charge in [0.15, 0.2) is 0 Å². The first-order valence-corrected chi connectivity index (χ1v) is 7.29. The zero-order valence-electron chi connectivity index (χ0n) is 11.0. The van der Waals surface area contributed by atoms with Crippen molar-refractivity contribution in [1.82, 2.24) is 19.9 Å². The molecule has 0 aromatic carbocycles. The smallest absolute Gasteiger partial charge is 0.122 e. The molecular weight excluding hydrogens is 244 g/mol. The van der Waals surface area contributed by atoms with E-state index in [1.165, 1.54) is 5.69 Å². The zero-order chi connectivity index (χ0) is 12.8. The molecule has 5 heteroatoms. The Kier molecular flexibility index (Phi) is 4.90. The van der Waals surface area contributed by atoms with Crippen LogP contribution in [-0.2, 0) is 19.5 Å². The largest absolute Gasteiger partial charge is 0.334 e. The van der Waals surface area contributed by atoms with Gasteiger partial charge in [-0.25, -0.2) is 9.97 Å². The molecule has 0 aliphatic carbocycles. The molecule has 2 rings (SSSR count). The van der Waals surface area contributed by atoms with Gasteiger partial charge in [0.2, 0.25) is 0 Å². The number of thiazole rings is 1. The average Bonchev–Trinajstić information content (AvgIpc) is 2.95. The van der Waals surface area contributed by atoms with Crippen molar-refractivity contribution in [2.75, 3.05) is 6.54 Å². The van der Waals surface area contributed by atoms with Crippen LogP contribution >= 0.6 is 11.3 Å². The van der Waals surface area contributed by atoms with E-state index >= 15 is 0 Å². The fourth-order valence-corrected chi connectivity index (χ4v) is 2.54. The quantitative estimate of drug-likeness (QED) is 0.781. The summed E-state index contributed by atoms with van der Waals surface area (Å²) in [4.78, 5) is 8.82. The van der Waals surface area contributed by atoms with Crippen molar-refractivity contribution < 1.29 is 0 Å². The number of imidazole rings is 1. The van der Waals surface area contributed by atoms with Gasteiger partial charge in [0.1, 0.15) is 5.82 Å². The van der Waals surface area contributed by atoms with Gasteiger partial charge in [-0.1, -0.05) is 6.92 Å². The van der Waals surface area contributed by atoms with E-state index in [0.29, 0.717) is 0 Å². The maximum atomic E-state index is 4.45. The molecule has 18 heavy (non-hydrogen) atoms. The predicted molar refractivity (Wildman–Crippen MR) is 74.8 cm³/mol. The summed E-state index contributed by atoms with van der Waals surface area (Å²) in [6.45, 7) is 7.05. The Balaban J connectivity index is 1.73. The second-order valence-corrected chi connectivity index (χ2v) is 5.38. The van der Waals surface area contributed by atoms with Crippen LogP contribution in [0.15, 0.2) is 17.8 Å². The number of aromatic nitrogens is 3. The van der Waals surface area contributed by atoms with E-state index in [1.54, 1.807) is 11.3 Å². The van der Waals surface area contributed by atoms with E-state index in [0.717, 1.165) is 43.3 Å². The molecule has 2 aromatic heterocycles. The molecule has 0 aliphatic rings. The Labute approximate surface area is 112 Å². The number of hydrogen-bond donors (Lipinski definition) is 1. The van der Waals surface area contributed by atoms with Crippen LogP contribution in [0.2, 0.25) is 0 Å². The Morgan fingerprint density at radius 2 is 2.33 bits per heavy atom. The van der Waals surface area contributed by atoms with Crippen LogP contribution in [0.5, 0.6) is 0 Å². The summed E-state index contributed by atoms with van der Waals surface area (Å²) in [5.74, 6) is 1.12. The molecule has 2 aromatic rings. The van der Waals surface area contributed by atoms with Gasteiger partial charge in [0.25, 0.3) is 0 Å². The van der Waals surface area contributed by atoms with Gasteiger partial charge in [-0.3, -0.25) is 0 Å². The van der Waals surface area contributed by atoms with E-state index in [2.05, 4.69) is 32.2 Å². The third kappa shape index (κ3) is 3.65. The first kappa shape index (κ1) is 13.2. The molecule has 0 bridgehead atoms. The molecule has 0 unspecified atom stereocenters. The molecule has 4 nitrogen and oxygen atoms in total. The van der Waals surface area contributed by atoms with Gasteiger partial charge in [0, 0.05) is 37.3 Å². The summed E-state index contributed by atoms with van der Waals surface area (Å²) < 4.78 is 2.21. The summed E-state index contributed by atoms with van der Waals surface area (Å²) >= 11 is 1.71. The fourth-order valence-electron chi connectivity index (χ4n) is 1.89. The molecule has 1 N–H and O–H groups in total. The lowest BCUT2D eigenvalue weighted by atomic mass is 10.3. The van der Waals surface area contributed by atoms with Crippen LogP contribution in [0.25, 0.3) is 0 Å². The highest BCUT2D eigenvalue weighted by Crippen LogP contribution is 2.07. The first-order chi connectivity index (χ1) is 8.79. The minimum Gasteiger partial charge on any atom is -0.334 e. The highest BCUT2D eigenvalue weighted by Gasteiger charge is 2.02. The molecule has 0 saturated heterocycles. The van der Waals surface area contributed by atoms with Crippen molar-refractivity contribution >= 4 is 11.3 Å². The van der Waals surface area contributed by atoms with Crippen molar-refractivity contribution in [2.45, 2.75) is 39.8 Å². The van der Waals surface area contributed by atoms with E-state index in [4.69, 9.17) is 0 Å². The second-order valence-electron chi connectivity index (χ2n) is 4.32. The van der Waals surface area contributed by atoms with Crippen LogP contribution in [-0.4, -0.2) is 21.1 Å². The van der Waals surface area contributed by atoms with Crippen molar-refractivity contribution in [3.05, 3.63) is 34.3 Å². The molecule has 0 saturated carbocycles. The van der Waals surface area contributed by atoms with Gasteiger partial charge < -0.3 is 9.88 Å². The zero-order valence-corrected chi connectivity index (χ0v) is 11.8. The van der Waals surface area contributed by atoms with E-state index in [9.17, 15) is 0 Å². The lowest BCUT2D eigenvalue weighted by Gasteiger charge is -2.07. The number of aryl methyl sites for hydroxylation is 2. The monoisotopic (exact) mass is 264 g/mol. The van der Waals surface area contributed by atoms with Crippen LogP contribution < -0.4 is 5.32 Å². The predicted octanol–water partition coefficient (Wildman–Crippen LogP) is 2.39. The van der Waals surface area contributed by atoms with Gasteiger partial charge >= 0.3 is 0 Å². The average molecular weight is 264 g/mol. The molecule has 0 amide bonds. The second kappa shape index (κ2) is 6.66. The Morgan fingerprint density at radius 1 is 1.44 bits per heavy atom. The highest BCUT2D eigenvalue weighted by atomic mass is 32.1. The lowest BCUT2D eigenvalue weighted by molar-refractivity contribution is 0.588. The van der Waals surface area contributed by atoms with E-state index < -0.39 is 0 Å². The molecule has 0 aliphatic heterocycles. The summed E-state index contributed by atoms with van der Waals surface area (Å²) in [6.07, 6.45) is 6.04. The van der Waals surface area contributed by atoms with Crippen LogP contribution in [0.1, 0.15) is 29.9 Å².